The monoisotopic (exact) mass is 258 g/mol. The molecule has 4 nitrogen and oxygen atoms in total. The maximum atomic E-state index is 6.08. The number of hydrogen-bond donors (Lipinski definition) is 0. The van der Waals surface area contributed by atoms with E-state index >= 15 is 0 Å². The van der Waals surface area contributed by atoms with Crippen LogP contribution in [0, 0.1) is 13.8 Å². The molecular formula is C13H11ClN4. The van der Waals surface area contributed by atoms with Crippen LogP contribution in [0.1, 0.15) is 11.4 Å². The van der Waals surface area contributed by atoms with Gasteiger partial charge in [0.2, 0.25) is 0 Å². The summed E-state index contributed by atoms with van der Waals surface area (Å²) >= 11 is 6.08. The van der Waals surface area contributed by atoms with E-state index in [2.05, 4.69) is 15.1 Å². The van der Waals surface area contributed by atoms with Crippen molar-refractivity contribution in [3.05, 3.63) is 47.0 Å². The summed E-state index contributed by atoms with van der Waals surface area (Å²) in [6.45, 7) is 3.87. The lowest BCUT2D eigenvalue weighted by molar-refractivity contribution is 0.889. The summed E-state index contributed by atoms with van der Waals surface area (Å²) in [5, 5.41) is 5.53. The summed E-state index contributed by atoms with van der Waals surface area (Å²) in [7, 11) is 0. The highest BCUT2D eigenvalue weighted by Gasteiger charge is 2.10. The van der Waals surface area contributed by atoms with Gasteiger partial charge < -0.3 is 0 Å². The van der Waals surface area contributed by atoms with Crippen molar-refractivity contribution in [1.29, 1.82) is 0 Å². The minimum atomic E-state index is 0.441. The first-order chi connectivity index (χ1) is 8.65. The van der Waals surface area contributed by atoms with Gasteiger partial charge in [0.1, 0.15) is 11.0 Å². The van der Waals surface area contributed by atoms with E-state index < -0.39 is 0 Å². The van der Waals surface area contributed by atoms with E-state index in [1.165, 1.54) is 5.56 Å². The molecule has 2 heterocycles. The second kappa shape index (κ2) is 4.07. The van der Waals surface area contributed by atoms with Crippen molar-refractivity contribution in [2.24, 2.45) is 0 Å². The first kappa shape index (κ1) is 11.2. The normalized spacial score (nSPS) is 11.1. The number of aryl methyl sites for hydroxylation is 2. The average Bonchev–Trinajstić information content (AvgIpc) is 2.74. The largest absolute Gasteiger partial charge is 0.221 e. The Morgan fingerprint density at radius 1 is 1.06 bits per heavy atom. The zero-order valence-corrected chi connectivity index (χ0v) is 10.8. The van der Waals surface area contributed by atoms with Crippen LogP contribution < -0.4 is 0 Å². The second-order valence-corrected chi connectivity index (χ2v) is 4.55. The van der Waals surface area contributed by atoms with Crippen molar-refractivity contribution >= 4 is 22.6 Å². The van der Waals surface area contributed by atoms with Crippen molar-refractivity contribution in [1.82, 2.24) is 19.7 Å². The molecule has 0 aliphatic carbocycles. The van der Waals surface area contributed by atoms with E-state index in [4.69, 9.17) is 11.6 Å². The summed E-state index contributed by atoms with van der Waals surface area (Å²) < 4.78 is 1.77. The van der Waals surface area contributed by atoms with Crippen LogP contribution in [0.25, 0.3) is 16.7 Å². The van der Waals surface area contributed by atoms with Crippen molar-refractivity contribution in [2.75, 3.05) is 0 Å². The summed E-state index contributed by atoms with van der Waals surface area (Å²) in [5.41, 5.74) is 2.90. The van der Waals surface area contributed by atoms with E-state index in [9.17, 15) is 0 Å². The smallest absolute Gasteiger partial charge is 0.168 e. The predicted octanol–water partition coefficient (Wildman–Crippen LogP) is 3.09. The van der Waals surface area contributed by atoms with E-state index in [-0.39, 0.29) is 0 Å². The van der Waals surface area contributed by atoms with Gasteiger partial charge in [0.15, 0.2) is 5.65 Å². The Labute approximate surface area is 109 Å². The van der Waals surface area contributed by atoms with Gasteiger partial charge in [-0.25, -0.2) is 14.6 Å². The van der Waals surface area contributed by atoms with Crippen LogP contribution in [0.4, 0.5) is 0 Å². The number of halogens is 1. The molecule has 3 rings (SSSR count). The third kappa shape index (κ3) is 1.75. The van der Waals surface area contributed by atoms with Crippen LogP contribution in [0.2, 0.25) is 5.15 Å². The highest BCUT2D eigenvalue weighted by molar-refractivity contribution is 6.33. The lowest BCUT2D eigenvalue weighted by Gasteiger charge is -2.04. The van der Waals surface area contributed by atoms with Gasteiger partial charge in [-0.05, 0) is 26.0 Å². The average molecular weight is 259 g/mol. The van der Waals surface area contributed by atoms with E-state index in [1.54, 1.807) is 10.9 Å². The van der Waals surface area contributed by atoms with Crippen LogP contribution in [-0.2, 0) is 0 Å². The maximum Gasteiger partial charge on any atom is 0.168 e. The topological polar surface area (TPSA) is 43.6 Å². The lowest BCUT2D eigenvalue weighted by atomic mass is 10.2. The molecule has 5 heteroatoms. The first-order valence-electron chi connectivity index (χ1n) is 5.60. The third-order valence-corrected chi connectivity index (χ3v) is 3.06. The molecule has 3 aromatic rings. The zero-order chi connectivity index (χ0) is 12.7. The van der Waals surface area contributed by atoms with Crippen molar-refractivity contribution in [2.45, 2.75) is 13.8 Å². The fourth-order valence-electron chi connectivity index (χ4n) is 1.85. The minimum absolute atomic E-state index is 0.441. The number of nitrogens with zero attached hydrogens (tertiary/aromatic N) is 4. The Bertz CT molecular complexity index is 716. The molecule has 0 aliphatic heterocycles. The quantitative estimate of drug-likeness (QED) is 0.630. The van der Waals surface area contributed by atoms with Gasteiger partial charge in [-0.15, -0.1) is 0 Å². The molecule has 1 aromatic carbocycles. The Morgan fingerprint density at radius 3 is 2.50 bits per heavy atom. The molecule has 0 spiro atoms. The van der Waals surface area contributed by atoms with Crippen LogP contribution in [0.5, 0.6) is 0 Å². The van der Waals surface area contributed by atoms with Gasteiger partial charge >= 0.3 is 0 Å². The second-order valence-electron chi connectivity index (χ2n) is 4.19. The molecular weight excluding hydrogens is 248 g/mol. The Morgan fingerprint density at radius 2 is 1.78 bits per heavy atom. The molecule has 0 unspecified atom stereocenters. The fourth-order valence-corrected chi connectivity index (χ4v) is 2.11. The van der Waals surface area contributed by atoms with Crippen LogP contribution in [-0.4, -0.2) is 19.7 Å². The summed E-state index contributed by atoms with van der Waals surface area (Å²) in [6, 6.07) is 8.09. The number of fused-ring (bicyclic) bond motifs is 1. The van der Waals surface area contributed by atoms with Gasteiger partial charge in [0.05, 0.1) is 17.3 Å². The minimum Gasteiger partial charge on any atom is -0.221 e. The summed E-state index contributed by atoms with van der Waals surface area (Å²) in [5.74, 6) is 0.640. The standard InChI is InChI=1S/C13H11ClN4/c1-8-3-5-10(6-4-8)18-13-11(7-15-18)12(14)16-9(2)17-13/h3-7H,1-2H3. The van der Waals surface area contributed by atoms with Gasteiger partial charge in [-0.3, -0.25) is 0 Å². The highest BCUT2D eigenvalue weighted by atomic mass is 35.5. The predicted molar refractivity (Wildman–Crippen MR) is 71.1 cm³/mol. The molecule has 0 N–H and O–H groups in total. The molecule has 0 saturated carbocycles. The van der Waals surface area contributed by atoms with Crippen molar-refractivity contribution < 1.29 is 0 Å². The van der Waals surface area contributed by atoms with Crippen LogP contribution >= 0.6 is 11.6 Å². The maximum absolute atomic E-state index is 6.08. The lowest BCUT2D eigenvalue weighted by Crippen LogP contribution is -1.99. The van der Waals surface area contributed by atoms with Gasteiger partial charge in [0.25, 0.3) is 0 Å². The Kier molecular flexibility index (Phi) is 2.52. The molecule has 0 radical (unpaired) electrons. The van der Waals surface area contributed by atoms with Crippen LogP contribution in [0.3, 0.4) is 0 Å². The Hall–Kier alpha value is -1.94. The van der Waals surface area contributed by atoms with Crippen LogP contribution in [0.15, 0.2) is 30.5 Å². The number of aromatic nitrogens is 4. The fraction of sp³-hybridized carbons (Fsp3) is 0.154. The number of benzene rings is 1. The van der Waals surface area contributed by atoms with E-state index in [0.717, 1.165) is 16.7 Å². The van der Waals surface area contributed by atoms with E-state index in [1.807, 2.05) is 38.1 Å². The summed E-state index contributed by atoms with van der Waals surface area (Å²) in [4.78, 5) is 8.52. The molecule has 0 saturated heterocycles. The van der Waals surface area contributed by atoms with Crippen molar-refractivity contribution in [3.63, 3.8) is 0 Å². The number of rotatable bonds is 1. The molecule has 90 valence electrons. The molecule has 0 amide bonds. The van der Waals surface area contributed by atoms with Gasteiger partial charge in [-0.1, -0.05) is 29.3 Å². The molecule has 0 bridgehead atoms. The first-order valence-corrected chi connectivity index (χ1v) is 5.98. The Balaban J connectivity index is 2.27. The zero-order valence-electron chi connectivity index (χ0n) is 10.1. The molecule has 2 aromatic heterocycles. The molecule has 0 fully saturated rings. The van der Waals surface area contributed by atoms with Gasteiger partial charge in [-0.2, -0.15) is 5.10 Å². The summed E-state index contributed by atoms with van der Waals surface area (Å²) in [6.07, 6.45) is 1.69. The molecule has 0 aliphatic rings. The molecule has 18 heavy (non-hydrogen) atoms. The molecule has 0 atom stereocenters. The van der Waals surface area contributed by atoms with Gasteiger partial charge in [0, 0.05) is 0 Å². The number of hydrogen-bond acceptors (Lipinski definition) is 3. The van der Waals surface area contributed by atoms with E-state index in [0.29, 0.717) is 11.0 Å². The SMILES string of the molecule is Cc1ccc(-n2ncc3c(Cl)nc(C)nc32)cc1. The van der Waals surface area contributed by atoms with Crippen molar-refractivity contribution in [3.8, 4) is 5.69 Å². The third-order valence-electron chi connectivity index (χ3n) is 2.77. The highest BCUT2D eigenvalue weighted by Crippen LogP contribution is 2.22.